The Hall–Kier alpha value is -1.83. The van der Waals surface area contributed by atoms with Crippen molar-refractivity contribution >= 4 is 29.2 Å². The molecule has 1 aromatic rings. The molecule has 8 heteroatoms. The third kappa shape index (κ3) is 5.58. The average Bonchev–Trinajstić information content (AvgIpc) is 2.43. The number of halogens is 1. The summed E-state index contributed by atoms with van der Waals surface area (Å²) in [6.07, 6.45) is -0.231. The smallest absolute Gasteiger partial charge is 0.321 e. The van der Waals surface area contributed by atoms with Gasteiger partial charge in [-0.25, -0.2) is 0 Å². The highest BCUT2D eigenvalue weighted by Crippen LogP contribution is 2.27. The minimum Gasteiger partial charge on any atom is -0.495 e. The van der Waals surface area contributed by atoms with Crippen molar-refractivity contribution in [1.82, 2.24) is 5.32 Å². The normalized spacial score (nSPS) is 11.8. The summed E-state index contributed by atoms with van der Waals surface area (Å²) >= 11 is 5.85. The standard InChI is InChI=1S/C13H18ClN3O4/c1-21-11-3-2-8(14)6-9(11)17-12(18)7-10(13(19)20)16-5-4-15/h2-3,6,10,16H,4-5,7,15H2,1H3,(H,17,18)(H,19,20)/t10-/m1/s1. The summed E-state index contributed by atoms with van der Waals surface area (Å²) in [5, 5.41) is 14.7. The van der Waals surface area contributed by atoms with E-state index in [0.29, 0.717) is 23.0 Å². The number of amides is 1. The van der Waals surface area contributed by atoms with Crippen molar-refractivity contribution in [1.29, 1.82) is 0 Å². The van der Waals surface area contributed by atoms with Gasteiger partial charge in [-0.3, -0.25) is 9.59 Å². The first kappa shape index (κ1) is 17.2. The summed E-state index contributed by atoms with van der Waals surface area (Å²) in [6, 6.07) is 3.76. The van der Waals surface area contributed by atoms with E-state index in [1.807, 2.05) is 0 Å². The van der Waals surface area contributed by atoms with Gasteiger partial charge in [0.15, 0.2) is 0 Å². The van der Waals surface area contributed by atoms with Crippen LogP contribution in [0.3, 0.4) is 0 Å². The van der Waals surface area contributed by atoms with Crippen molar-refractivity contribution in [2.24, 2.45) is 5.73 Å². The number of methoxy groups -OCH3 is 1. The van der Waals surface area contributed by atoms with Gasteiger partial charge in [0.2, 0.25) is 5.91 Å². The third-order valence-corrected chi connectivity index (χ3v) is 2.89. The summed E-state index contributed by atoms with van der Waals surface area (Å²) in [7, 11) is 1.46. The molecule has 0 aliphatic heterocycles. The monoisotopic (exact) mass is 315 g/mol. The molecule has 0 aromatic heterocycles. The molecule has 0 radical (unpaired) electrons. The highest BCUT2D eigenvalue weighted by Gasteiger charge is 2.21. The van der Waals surface area contributed by atoms with E-state index >= 15 is 0 Å². The van der Waals surface area contributed by atoms with Crippen molar-refractivity contribution in [3.63, 3.8) is 0 Å². The zero-order valence-corrected chi connectivity index (χ0v) is 12.3. The molecule has 5 N–H and O–H groups in total. The Bertz CT molecular complexity index is 510. The van der Waals surface area contributed by atoms with Crippen LogP contribution in [0.5, 0.6) is 5.75 Å². The quantitative estimate of drug-likeness (QED) is 0.561. The lowest BCUT2D eigenvalue weighted by Gasteiger charge is -2.15. The van der Waals surface area contributed by atoms with Crippen LogP contribution in [-0.2, 0) is 9.59 Å². The summed E-state index contributed by atoms with van der Waals surface area (Å²) in [4.78, 5) is 23.0. The van der Waals surface area contributed by atoms with Crippen molar-refractivity contribution in [2.45, 2.75) is 12.5 Å². The van der Waals surface area contributed by atoms with Crippen molar-refractivity contribution in [3.8, 4) is 5.75 Å². The number of carboxylic acids is 1. The van der Waals surface area contributed by atoms with Gasteiger partial charge in [0.05, 0.1) is 19.2 Å². The fraction of sp³-hybridized carbons (Fsp3) is 0.385. The van der Waals surface area contributed by atoms with Gasteiger partial charge in [0, 0.05) is 18.1 Å². The fourth-order valence-electron chi connectivity index (χ4n) is 1.67. The maximum Gasteiger partial charge on any atom is 0.321 e. The Kier molecular flexibility index (Phi) is 6.93. The van der Waals surface area contributed by atoms with Crippen molar-refractivity contribution in [2.75, 3.05) is 25.5 Å². The predicted octanol–water partition coefficient (Wildman–Crippen LogP) is 0.679. The zero-order valence-electron chi connectivity index (χ0n) is 11.6. The van der Waals surface area contributed by atoms with Crippen LogP contribution < -0.4 is 21.1 Å². The highest BCUT2D eigenvalue weighted by atomic mass is 35.5. The molecule has 0 bridgehead atoms. The predicted molar refractivity (Wildman–Crippen MR) is 79.7 cm³/mol. The number of aliphatic carboxylic acids is 1. The summed E-state index contributed by atoms with van der Waals surface area (Å²) in [5.41, 5.74) is 5.69. The lowest BCUT2D eigenvalue weighted by atomic mass is 10.2. The molecule has 116 valence electrons. The molecule has 7 nitrogen and oxygen atoms in total. The van der Waals surface area contributed by atoms with Crippen LogP contribution >= 0.6 is 11.6 Å². The number of nitrogens with one attached hydrogen (secondary N) is 2. The molecule has 0 aliphatic carbocycles. The lowest BCUT2D eigenvalue weighted by Crippen LogP contribution is -2.41. The molecule has 1 aromatic carbocycles. The Morgan fingerprint density at radius 1 is 1.48 bits per heavy atom. The summed E-state index contributed by atoms with van der Waals surface area (Å²) < 4.78 is 5.10. The molecule has 0 saturated carbocycles. The van der Waals surface area contributed by atoms with Crippen LogP contribution in [0.4, 0.5) is 5.69 Å². The van der Waals surface area contributed by atoms with Gasteiger partial charge in [-0.2, -0.15) is 0 Å². The van der Waals surface area contributed by atoms with Crippen molar-refractivity contribution < 1.29 is 19.4 Å². The topological polar surface area (TPSA) is 114 Å². The fourth-order valence-corrected chi connectivity index (χ4v) is 1.84. The van der Waals surface area contributed by atoms with Gasteiger partial charge in [0.1, 0.15) is 11.8 Å². The summed E-state index contributed by atoms with van der Waals surface area (Å²) in [5.74, 6) is -1.14. The molecule has 0 fully saturated rings. The number of hydrogen-bond donors (Lipinski definition) is 4. The van der Waals surface area contributed by atoms with Gasteiger partial charge in [-0.15, -0.1) is 0 Å². The van der Waals surface area contributed by atoms with E-state index < -0.39 is 17.9 Å². The second-order valence-electron chi connectivity index (χ2n) is 4.23. The first-order chi connectivity index (χ1) is 9.97. The van der Waals surface area contributed by atoms with E-state index in [2.05, 4.69) is 10.6 Å². The SMILES string of the molecule is COc1ccc(Cl)cc1NC(=O)C[C@@H](NCCN)C(=O)O. The molecular weight excluding hydrogens is 298 g/mol. The summed E-state index contributed by atoms with van der Waals surface area (Å²) in [6.45, 7) is 0.595. The highest BCUT2D eigenvalue weighted by molar-refractivity contribution is 6.31. The minimum atomic E-state index is -1.11. The van der Waals surface area contributed by atoms with Gasteiger partial charge in [-0.1, -0.05) is 11.6 Å². The zero-order chi connectivity index (χ0) is 15.8. The van der Waals surface area contributed by atoms with E-state index in [1.54, 1.807) is 12.1 Å². The van der Waals surface area contributed by atoms with E-state index in [4.69, 9.17) is 27.2 Å². The van der Waals surface area contributed by atoms with Gasteiger partial charge >= 0.3 is 5.97 Å². The van der Waals surface area contributed by atoms with Crippen LogP contribution in [0.25, 0.3) is 0 Å². The number of carbonyl (C=O) groups is 2. The maximum atomic E-state index is 11.9. The number of anilines is 1. The molecule has 0 spiro atoms. The lowest BCUT2D eigenvalue weighted by molar-refractivity contribution is -0.141. The Balaban J connectivity index is 2.71. The van der Waals surface area contributed by atoms with Crippen LogP contribution in [-0.4, -0.2) is 43.2 Å². The molecule has 1 amide bonds. The molecule has 0 aliphatic rings. The van der Waals surface area contributed by atoms with E-state index in [-0.39, 0.29) is 13.0 Å². The molecule has 21 heavy (non-hydrogen) atoms. The average molecular weight is 316 g/mol. The van der Waals surface area contributed by atoms with Crippen molar-refractivity contribution in [3.05, 3.63) is 23.2 Å². The number of carbonyl (C=O) groups excluding carboxylic acids is 1. The number of benzene rings is 1. The Morgan fingerprint density at radius 3 is 2.76 bits per heavy atom. The second-order valence-corrected chi connectivity index (χ2v) is 4.67. The second kappa shape index (κ2) is 8.46. The number of rotatable bonds is 8. The number of hydrogen-bond acceptors (Lipinski definition) is 5. The van der Waals surface area contributed by atoms with Gasteiger partial charge < -0.3 is 26.2 Å². The molecule has 1 atom stereocenters. The molecule has 0 saturated heterocycles. The Morgan fingerprint density at radius 2 is 2.19 bits per heavy atom. The van der Waals surface area contributed by atoms with E-state index in [1.165, 1.54) is 13.2 Å². The largest absolute Gasteiger partial charge is 0.495 e. The first-order valence-electron chi connectivity index (χ1n) is 6.27. The molecular formula is C13H18ClN3O4. The van der Waals surface area contributed by atoms with Crippen LogP contribution in [0.1, 0.15) is 6.42 Å². The van der Waals surface area contributed by atoms with Crippen LogP contribution in [0.15, 0.2) is 18.2 Å². The number of ether oxygens (including phenoxy) is 1. The molecule has 1 rings (SSSR count). The number of nitrogens with two attached hydrogens (primary N) is 1. The van der Waals surface area contributed by atoms with Crippen LogP contribution in [0, 0.1) is 0 Å². The van der Waals surface area contributed by atoms with E-state index in [9.17, 15) is 9.59 Å². The van der Waals surface area contributed by atoms with Gasteiger partial charge in [-0.05, 0) is 18.2 Å². The minimum absolute atomic E-state index is 0.231. The Labute approximate surface area is 127 Å². The van der Waals surface area contributed by atoms with Crippen LogP contribution in [0.2, 0.25) is 5.02 Å². The first-order valence-corrected chi connectivity index (χ1v) is 6.65. The molecule has 0 unspecified atom stereocenters. The molecule has 0 heterocycles. The number of carboxylic acid groups (broad SMARTS) is 1. The van der Waals surface area contributed by atoms with E-state index in [0.717, 1.165) is 0 Å². The maximum absolute atomic E-state index is 11.9. The third-order valence-electron chi connectivity index (χ3n) is 2.66. The van der Waals surface area contributed by atoms with Gasteiger partial charge in [0.25, 0.3) is 0 Å².